The summed E-state index contributed by atoms with van der Waals surface area (Å²) in [6.07, 6.45) is 1.43. The number of hydrogen-bond donors (Lipinski definition) is 1. The molecule has 0 fully saturated rings. The summed E-state index contributed by atoms with van der Waals surface area (Å²) in [4.78, 5) is 21.0. The maximum Gasteiger partial charge on any atom is 0.335 e. The van der Waals surface area contributed by atoms with Crippen molar-refractivity contribution in [2.45, 2.75) is 6.92 Å². The van der Waals surface area contributed by atoms with Crippen LogP contribution in [0.2, 0.25) is 0 Å². The molecular formula is C14H15N3O3. The van der Waals surface area contributed by atoms with E-state index in [4.69, 9.17) is 9.84 Å². The van der Waals surface area contributed by atoms with Crippen LogP contribution in [-0.4, -0.2) is 35.2 Å². The molecule has 0 aliphatic rings. The number of carbonyl (C=O) groups is 1. The fraction of sp³-hybridized carbons (Fsp3) is 0.214. The summed E-state index contributed by atoms with van der Waals surface area (Å²) < 4.78 is 5.17. The Morgan fingerprint density at radius 3 is 2.45 bits per heavy atom. The van der Waals surface area contributed by atoms with Gasteiger partial charge in [-0.05, 0) is 31.2 Å². The topological polar surface area (TPSA) is 75.6 Å². The van der Waals surface area contributed by atoms with E-state index < -0.39 is 5.97 Å². The van der Waals surface area contributed by atoms with Gasteiger partial charge in [-0.15, -0.1) is 0 Å². The van der Waals surface area contributed by atoms with Gasteiger partial charge in [0.25, 0.3) is 0 Å². The molecule has 0 aliphatic heterocycles. The normalized spacial score (nSPS) is 10.2. The van der Waals surface area contributed by atoms with Crippen LogP contribution in [-0.2, 0) is 0 Å². The van der Waals surface area contributed by atoms with Gasteiger partial charge in [0.15, 0.2) is 0 Å². The predicted octanol–water partition coefficient (Wildman–Crippen LogP) is 2.26. The number of nitrogens with zero attached hydrogens (tertiary/aromatic N) is 3. The van der Waals surface area contributed by atoms with Gasteiger partial charge in [-0.25, -0.2) is 14.8 Å². The SMILES string of the molecule is COc1ncnc(N(C)c2ccc(C(=O)O)cc2)c1C. The Bertz CT molecular complexity index is 626. The van der Waals surface area contributed by atoms with Gasteiger partial charge in [-0.3, -0.25) is 0 Å². The number of ether oxygens (including phenoxy) is 1. The highest BCUT2D eigenvalue weighted by Gasteiger charge is 2.13. The van der Waals surface area contributed by atoms with E-state index >= 15 is 0 Å². The third-order valence-electron chi connectivity index (χ3n) is 3.02. The van der Waals surface area contributed by atoms with Crippen molar-refractivity contribution in [2.75, 3.05) is 19.1 Å². The molecular weight excluding hydrogens is 258 g/mol. The van der Waals surface area contributed by atoms with Gasteiger partial charge in [-0.1, -0.05) is 0 Å². The molecule has 104 valence electrons. The maximum absolute atomic E-state index is 10.8. The van der Waals surface area contributed by atoms with Crippen LogP contribution in [0.25, 0.3) is 0 Å². The molecule has 0 spiro atoms. The molecule has 2 rings (SSSR count). The predicted molar refractivity (Wildman–Crippen MR) is 74.8 cm³/mol. The van der Waals surface area contributed by atoms with Crippen molar-refractivity contribution in [2.24, 2.45) is 0 Å². The van der Waals surface area contributed by atoms with Gasteiger partial charge >= 0.3 is 5.97 Å². The van der Waals surface area contributed by atoms with Gasteiger partial charge in [0, 0.05) is 12.7 Å². The van der Waals surface area contributed by atoms with Crippen molar-refractivity contribution in [1.82, 2.24) is 9.97 Å². The summed E-state index contributed by atoms with van der Waals surface area (Å²) in [6, 6.07) is 6.58. The quantitative estimate of drug-likeness (QED) is 0.920. The van der Waals surface area contributed by atoms with Crippen LogP contribution < -0.4 is 9.64 Å². The Morgan fingerprint density at radius 1 is 1.25 bits per heavy atom. The molecule has 0 radical (unpaired) electrons. The molecule has 0 amide bonds. The number of benzene rings is 1. The van der Waals surface area contributed by atoms with Crippen LogP contribution >= 0.6 is 0 Å². The molecule has 6 nitrogen and oxygen atoms in total. The number of methoxy groups -OCH3 is 1. The molecule has 0 aliphatic carbocycles. The second kappa shape index (κ2) is 5.56. The van der Waals surface area contributed by atoms with Crippen molar-refractivity contribution in [3.63, 3.8) is 0 Å². The van der Waals surface area contributed by atoms with Crippen molar-refractivity contribution in [3.05, 3.63) is 41.7 Å². The molecule has 0 atom stereocenters. The lowest BCUT2D eigenvalue weighted by Gasteiger charge is -2.20. The zero-order valence-corrected chi connectivity index (χ0v) is 11.5. The molecule has 0 unspecified atom stereocenters. The highest BCUT2D eigenvalue weighted by molar-refractivity contribution is 5.88. The smallest absolute Gasteiger partial charge is 0.335 e. The lowest BCUT2D eigenvalue weighted by atomic mass is 10.2. The fourth-order valence-electron chi connectivity index (χ4n) is 1.92. The van der Waals surface area contributed by atoms with Crippen LogP contribution in [0.3, 0.4) is 0 Å². The summed E-state index contributed by atoms with van der Waals surface area (Å²) in [5, 5.41) is 8.89. The summed E-state index contributed by atoms with van der Waals surface area (Å²) in [5.74, 6) is 0.281. The van der Waals surface area contributed by atoms with E-state index in [9.17, 15) is 4.79 Å². The van der Waals surface area contributed by atoms with Gasteiger partial charge < -0.3 is 14.7 Å². The Kier molecular flexibility index (Phi) is 3.84. The number of rotatable bonds is 4. The van der Waals surface area contributed by atoms with Crippen LogP contribution in [0, 0.1) is 6.92 Å². The Morgan fingerprint density at radius 2 is 1.90 bits per heavy atom. The highest BCUT2D eigenvalue weighted by atomic mass is 16.5. The standard InChI is InChI=1S/C14H15N3O3/c1-9-12(15-8-16-13(9)20-3)17(2)11-6-4-10(5-7-11)14(18)19/h4-8H,1-3H3,(H,18,19). The van der Waals surface area contributed by atoms with Gasteiger partial charge in [0.05, 0.1) is 18.2 Å². The highest BCUT2D eigenvalue weighted by Crippen LogP contribution is 2.28. The minimum atomic E-state index is -0.945. The van der Waals surface area contributed by atoms with E-state index in [-0.39, 0.29) is 5.56 Å². The average molecular weight is 273 g/mol. The maximum atomic E-state index is 10.8. The molecule has 2 aromatic rings. The second-order valence-corrected chi connectivity index (χ2v) is 4.24. The minimum absolute atomic E-state index is 0.249. The van der Waals surface area contributed by atoms with E-state index in [1.54, 1.807) is 31.4 Å². The van der Waals surface area contributed by atoms with E-state index in [1.807, 2.05) is 18.9 Å². The Hall–Kier alpha value is -2.63. The number of carboxylic acid groups (broad SMARTS) is 1. The molecule has 1 aromatic heterocycles. The van der Waals surface area contributed by atoms with Crippen LogP contribution in [0.4, 0.5) is 11.5 Å². The first-order valence-electron chi connectivity index (χ1n) is 5.97. The number of hydrogen-bond acceptors (Lipinski definition) is 5. The molecule has 0 saturated heterocycles. The first-order chi connectivity index (χ1) is 9.54. The number of aromatic nitrogens is 2. The Labute approximate surface area is 116 Å². The molecule has 1 N–H and O–H groups in total. The third-order valence-corrected chi connectivity index (χ3v) is 3.02. The second-order valence-electron chi connectivity index (χ2n) is 4.24. The summed E-state index contributed by atoms with van der Waals surface area (Å²) in [5.41, 5.74) is 1.90. The lowest BCUT2D eigenvalue weighted by molar-refractivity contribution is 0.0697. The zero-order chi connectivity index (χ0) is 14.7. The van der Waals surface area contributed by atoms with E-state index in [1.165, 1.54) is 6.33 Å². The van der Waals surface area contributed by atoms with Crippen molar-refractivity contribution in [3.8, 4) is 5.88 Å². The molecule has 0 bridgehead atoms. The summed E-state index contributed by atoms with van der Waals surface area (Å²) >= 11 is 0. The van der Waals surface area contributed by atoms with E-state index in [0.29, 0.717) is 11.7 Å². The van der Waals surface area contributed by atoms with Crippen molar-refractivity contribution >= 4 is 17.5 Å². The van der Waals surface area contributed by atoms with Crippen molar-refractivity contribution in [1.29, 1.82) is 0 Å². The third kappa shape index (κ3) is 2.54. The number of anilines is 2. The first-order valence-corrected chi connectivity index (χ1v) is 5.97. The summed E-state index contributed by atoms with van der Waals surface area (Å²) in [6.45, 7) is 1.87. The first kappa shape index (κ1) is 13.8. The van der Waals surface area contributed by atoms with Crippen LogP contribution in [0.1, 0.15) is 15.9 Å². The van der Waals surface area contributed by atoms with Crippen LogP contribution in [0.15, 0.2) is 30.6 Å². The number of aromatic carboxylic acids is 1. The van der Waals surface area contributed by atoms with Crippen molar-refractivity contribution < 1.29 is 14.6 Å². The van der Waals surface area contributed by atoms with E-state index in [2.05, 4.69) is 9.97 Å². The van der Waals surface area contributed by atoms with E-state index in [0.717, 1.165) is 11.3 Å². The van der Waals surface area contributed by atoms with Gasteiger partial charge in [0.2, 0.25) is 5.88 Å². The molecule has 1 aromatic carbocycles. The average Bonchev–Trinajstić information content (AvgIpc) is 2.47. The monoisotopic (exact) mass is 273 g/mol. The van der Waals surface area contributed by atoms with Gasteiger partial charge in [-0.2, -0.15) is 0 Å². The molecule has 20 heavy (non-hydrogen) atoms. The Balaban J connectivity index is 2.36. The fourth-order valence-corrected chi connectivity index (χ4v) is 1.92. The zero-order valence-electron chi connectivity index (χ0n) is 11.5. The molecule has 0 saturated carbocycles. The molecule has 1 heterocycles. The van der Waals surface area contributed by atoms with Crippen LogP contribution in [0.5, 0.6) is 5.88 Å². The molecule has 6 heteroatoms. The minimum Gasteiger partial charge on any atom is -0.481 e. The lowest BCUT2D eigenvalue weighted by Crippen LogP contribution is -2.14. The van der Waals surface area contributed by atoms with Gasteiger partial charge in [0.1, 0.15) is 12.1 Å². The largest absolute Gasteiger partial charge is 0.481 e. The summed E-state index contributed by atoms with van der Waals surface area (Å²) in [7, 11) is 3.41. The number of carboxylic acids is 1.